The average Bonchev–Trinajstić information content (AvgIpc) is 3.35. The third-order valence-electron chi connectivity index (χ3n) is 4.44. The summed E-state index contributed by atoms with van der Waals surface area (Å²) in [5.74, 6) is 1.09. The summed E-state index contributed by atoms with van der Waals surface area (Å²) >= 11 is 3.24. The molecule has 0 aliphatic rings. The molecule has 0 bridgehead atoms. The summed E-state index contributed by atoms with van der Waals surface area (Å²) in [4.78, 5) is 4.68. The first-order chi connectivity index (χ1) is 14.7. The van der Waals surface area contributed by atoms with Crippen LogP contribution in [-0.2, 0) is 17.1 Å². The number of thiazole rings is 1. The van der Waals surface area contributed by atoms with E-state index in [0.29, 0.717) is 18.2 Å². The van der Waals surface area contributed by atoms with Gasteiger partial charge in [0.25, 0.3) is 0 Å². The van der Waals surface area contributed by atoms with E-state index in [0.717, 1.165) is 15.7 Å². The van der Waals surface area contributed by atoms with Crippen LogP contribution in [0.1, 0.15) is 23.8 Å². The topological polar surface area (TPSA) is 62.1 Å². The zero-order chi connectivity index (χ0) is 20.9. The molecule has 1 atom stereocenters. The molecule has 6 nitrogen and oxygen atoms in total. The number of hydrogen-bond donors (Lipinski definition) is 0. The minimum absolute atomic E-state index is 0.00193. The first-order valence-corrected chi connectivity index (χ1v) is 11.2. The third kappa shape index (κ3) is 4.63. The Balaban J connectivity index is 1.52. The van der Waals surface area contributed by atoms with E-state index >= 15 is 0 Å². The normalized spacial score (nSPS) is 12.4. The summed E-state index contributed by atoms with van der Waals surface area (Å²) in [7, 11) is 1.66. The Labute approximate surface area is 182 Å². The molecule has 2 heterocycles. The lowest BCUT2D eigenvalue weighted by molar-refractivity contribution is 0.154. The summed E-state index contributed by atoms with van der Waals surface area (Å²) in [5, 5.41) is 10.4. The molecule has 4 aromatic rings. The quantitative estimate of drug-likeness (QED) is 0.335. The van der Waals surface area contributed by atoms with Crippen molar-refractivity contribution in [3.8, 4) is 5.75 Å². The fourth-order valence-corrected chi connectivity index (χ4v) is 5.09. The van der Waals surface area contributed by atoms with Crippen LogP contribution in [0.15, 0.2) is 53.7 Å². The third-order valence-corrected chi connectivity index (χ3v) is 6.61. The van der Waals surface area contributed by atoms with Gasteiger partial charge < -0.3 is 9.47 Å². The molecule has 0 unspecified atom stereocenters. The van der Waals surface area contributed by atoms with Crippen LogP contribution in [-0.4, -0.2) is 33.5 Å². The van der Waals surface area contributed by atoms with Crippen molar-refractivity contribution in [2.24, 2.45) is 0 Å². The van der Waals surface area contributed by atoms with E-state index in [4.69, 9.17) is 9.47 Å². The Kier molecular flexibility index (Phi) is 6.61. The van der Waals surface area contributed by atoms with Gasteiger partial charge in [-0.2, -0.15) is 0 Å². The van der Waals surface area contributed by atoms with Crippen LogP contribution in [0.2, 0.25) is 0 Å². The standard InChI is InChI=1S/C21H21FN4O2S2/c1-14(11-27-2)26-19(12-28-17-9-5-3-7-15(17)22)24-25-21(26)29-13-20-23-16-8-4-6-10-18(16)30-20/h3-10,14H,11-13H2,1-2H3/t14-/m0/s1. The molecule has 0 radical (unpaired) electrons. The fraction of sp³-hybridized carbons (Fsp3) is 0.286. The highest BCUT2D eigenvalue weighted by molar-refractivity contribution is 7.98. The summed E-state index contributed by atoms with van der Waals surface area (Å²) < 4.78 is 28.0. The minimum Gasteiger partial charge on any atom is -0.483 e. The smallest absolute Gasteiger partial charge is 0.192 e. The second kappa shape index (κ2) is 9.55. The molecule has 0 fully saturated rings. The summed E-state index contributed by atoms with van der Waals surface area (Å²) in [6.07, 6.45) is 0. The Hall–Kier alpha value is -2.49. The molecule has 156 valence electrons. The largest absolute Gasteiger partial charge is 0.483 e. The van der Waals surface area contributed by atoms with Crippen molar-refractivity contribution >= 4 is 33.3 Å². The van der Waals surface area contributed by atoms with Gasteiger partial charge in [-0.15, -0.1) is 21.5 Å². The molecular weight excluding hydrogens is 423 g/mol. The van der Waals surface area contributed by atoms with Gasteiger partial charge in [-0.1, -0.05) is 36.0 Å². The molecule has 2 aromatic carbocycles. The van der Waals surface area contributed by atoms with Gasteiger partial charge in [0.05, 0.1) is 28.6 Å². The van der Waals surface area contributed by atoms with E-state index in [1.165, 1.54) is 10.8 Å². The minimum atomic E-state index is -0.404. The van der Waals surface area contributed by atoms with Crippen LogP contribution in [0.25, 0.3) is 10.2 Å². The van der Waals surface area contributed by atoms with Gasteiger partial charge in [0.1, 0.15) is 11.6 Å². The molecule has 0 spiro atoms. The number of methoxy groups -OCH3 is 1. The molecule has 30 heavy (non-hydrogen) atoms. The average molecular weight is 445 g/mol. The van der Waals surface area contributed by atoms with Crippen molar-refractivity contribution in [1.82, 2.24) is 19.7 Å². The summed E-state index contributed by atoms with van der Waals surface area (Å²) in [6, 6.07) is 14.4. The first kappa shape index (κ1) is 20.8. The lowest BCUT2D eigenvalue weighted by atomic mass is 10.3. The zero-order valence-electron chi connectivity index (χ0n) is 16.6. The lowest BCUT2D eigenvalue weighted by Gasteiger charge is -2.17. The number of nitrogens with zero attached hydrogens (tertiary/aromatic N) is 4. The van der Waals surface area contributed by atoms with Gasteiger partial charge >= 0.3 is 0 Å². The van der Waals surface area contributed by atoms with Crippen molar-refractivity contribution in [1.29, 1.82) is 0 Å². The number of aromatic nitrogens is 4. The van der Waals surface area contributed by atoms with Gasteiger partial charge in [-0.3, -0.25) is 4.57 Å². The molecule has 0 saturated carbocycles. The zero-order valence-corrected chi connectivity index (χ0v) is 18.3. The molecule has 0 aliphatic carbocycles. The molecule has 4 rings (SSSR count). The molecule has 2 aromatic heterocycles. The van der Waals surface area contributed by atoms with E-state index in [9.17, 15) is 4.39 Å². The lowest BCUT2D eigenvalue weighted by Crippen LogP contribution is -2.16. The van der Waals surface area contributed by atoms with Gasteiger partial charge in [-0.05, 0) is 31.2 Å². The molecule has 0 N–H and O–H groups in total. The number of hydrogen-bond acceptors (Lipinski definition) is 7. The van der Waals surface area contributed by atoms with Crippen LogP contribution < -0.4 is 4.74 Å². The van der Waals surface area contributed by atoms with Crippen molar-refractivity contribution in [3.05, 3.63) is 65.2 Å². The number of para-hydroxylation sites is 2. The second-order valence-electron chi connectivity index (χ2n) is 6.66. The van der Waals surface area contributed by atoms with Gasteiger partial charge in [0, 0.05) is 7.11 Å². The van der Waals surface area contributed by atoms with Crippen LogP contribution in [0.3, 0.4) is 0 Å². The SMILES string of the molecule is COC[C@H](C)n1c(COc2ccccc2F)nnc1SCc1nc2ccccc2s1. The van der Waals surface area contributed by atoms with Gasteiger partial charge in [0.15, 0.2) is 22.5 Å². The number of thioether (sulfide) groups is 1. The van der Waals surface area contributed by atoms with Crippen molar-refractivity contribution in [2.45, 2.75) is 30.5 Å². The van der Waals surface area contributed by atoms with Gasteiger partial charge in [-0.25, -0.2) is 9.37 Å². The van der Waals surface area contributed by atoms with Crippen molar-refractivity contribution in [3.63, 3.8) is 0 Å². The highest BCUT2D eigenvalue weighted by Crippen LogP contribution is 2.30. The fourth-order valence-electron chi connectivity index (χ4n) is 3.07. The highest BCUT2D eigenvalue weighted by Gasteiger charge is 2.19. The Morgan fingerprint density at radius 3 is 2.73 bits per heavy atom. The Morgan fingerprint density at radius 1 is 1.13 bits per heavy atom. The maximum atomic E-state index is 13.9. The van der Waals surface area contributed by atoms with Crippen molar-refractivity contribution in [2.75, 3.05) is 13.7 Å². The van der Waals surface area contributed by atoms with E-state index in [1.807, 2.05) is 29.7 Å². The maximum Gasteiger partial charge on any atom is 0.192 e. The Bertz CT molecular complexity index is 1100. The number of benzene rings is 2. The first-order valence-electron chi connectivity index (χ1n) is 9.43. The van der Waals surface area contributed by atoms with Crippen LogP contribution in [0, 0.1) is 5.82 Å². The predicted molar refractivity (Wildman–Crippen MR) is 117 cm³/mol. The van der Waals surface area contributed by atoms with Gasteiger partial charge in [0.2, 0.25) is 0 Å². The molecular formula is C21H21FN4O2S2. The molecule has 0 aliphatic heterocycles. The number of rotatable bonds is 9. The molecule has 9 heteroatoms. The molecule has 0 saturated heterocycles. The van der Waals surface area contributed by atoms with Crippen LogP contribution >= 0.6 is 23.1 Å². The predicted octanol–water partition coefficient (Wildman–Crippen LogP) is 5.11. The molecule has 0 amide bonds. The van der Waals surface area contributed by atoms with E-state index in [1.54, 1.807) is 48.4 Å². The Morgan fingerprint density at radius 2 is 1.93 bits per heavy atom. The second-order valence-corrected chi connectivity index (χ2v) is 8.71. The number of ether oxygens (including phenoxy) is 2. The van der Waals surface area contributed by atoms with E-state index in [-0.39, 0.29) is 18.4 Å². The number of fused-ring (bicyclic) bond motifs is 1. The highest BCUT2D eigenvalue weighted by atomic mass is 32.2. The van der Waals surface area contributed by atoms with Crippen molar-refractivity contribution < 1.29 is 13.9 Å². The summed E-state index contributed by atoms with van der Waals surface area (Å²) in [5.41, 5.74) is 1.01. The van der Waals surface area contributed by atoms with Crippen LogP contribution in [0.4, 0.5) is 4.39 Å². The van der Waals surface area contributed by atoms with Crippen LogP contribution in [0.5, 0.6) is 5.75 Å². The summed E-state index contributed by atoms with van der Waals surface area (Å²) in [6.45, 7) is 2.64. The maximum absolute atomic E-state index is 13.9. The monoisotopic (exact) mass is 444 g/mol. The number of halogens is 1. The van der Waals surface area contributed by atoms with E-state index in [2.05, 4.69) is 21.2 Å². The van der Waals surface area contributed by atoms with E-state index < -0.39 is 5.82 Å².